The molecule has 0 atom stereocenters. The van der Waals surface area contributed by atoms with E-state index in [2.05, 4.69) is 0 Å². The molecule has 1 aliphatic carbocycles. The second kappa shape index (κ2) is 8.42. The first-order valence-corrected chi connectivity index (χ1v) is 6.27. The van der Waals surface area contributed by atoms with Gasteiger partial charge >= 0.3 is 5.97 Å². The van der Waals surface area contributed by atoms with Crippen LogP contribution in [-0.4, -0.2) is 59.3 Å². The summed E-state index contributed by atoms with van der Waals surface area (Å²) < 4.78 is 20.4. The zero-order chi connectivity index (χ0) is 13.3. The third-order valence-electron chi connectivity index (χ3n) is 2.94. The van der Waals surface area contributed by atoms with E-state index >= 15 is 0 Å². The standard InChI is InChI=1S/C12H23NO5/c1-15-4-5-16-6-7-17-8-9-18-11(14)12(10-13)2-3-12/h2-10,13H2,1H3. The highest BCUT2D eigenvalue weighted by molar-refractivity contribution is 5.80. The molecule has 0 saturated heterocycles. The highest BCUT2D eigenvalue weighted by atomic mass is 16.6. The Morgan fingerprint density at radius 1 is 1.06 bits per heavy atom. The molecule has 0 unspecified atom stereocenters. The van der Waals surface area contributed by atoms with Crippen LogP contribution < -0.4 is 5.73 Å². The van der Waals surface area contributed by atoms with Crippen LogP contribution in [0.2, 0.25) is 0 Å². The van der Waals surface area contributed by atoms with Crippen molar-refractivity contribution in [1.29, 1.82) is 0 Å². The number of carbonyl (C=O) groups is 1. The second-order valence-corrected chi connectivity index (χ2v) is 4.34. The maximum atomic E-state index is 11.6. The molecule has 2 N–H and O–H groups in total. The van der Waals surface area contributed by atoms with Gasteiger partial charge in [-0.1, -0.05) is 0 Å². The minimum atomic E-state index is -0.386. The third kappa shape index (κ3) is 5.30. The van der Waals surface area contributed by atoms with Gasteiger partial charge in [-0.05, 0) is 12.8 Å². The largest absolute Gasteiger partial charge is 0.463 e. The average molecular weight is 261 g/mol. The van der Waals surface area contributed by atoms with Gasteiger partial charge in [-0.3, -0.25) is 4.79 Å². The lowest BCUT2D eigenvalue weighted by molar-refractivity contribution is -0.151. The summed E-state index contributed by atoms with van der Waals surface area (Å²) in [6, 6.07) is 0. The van der Waals surface area contributed by atoms with Gasteiger partial charge in [0.05, 0.1) is 38.4 Å². The Morgan fingerprint density at radius 2 is 1.61 bits per heavy atom. The Labute approximate surface area is 108 Å². The molecule has 6 nitrogen and oxygen atoms in total. The molecule has 0 amide bonds. The first-order chi connectivity index (χ1) is 8.75. The van der Waals surface area contributed by atoms with Gasteiger partial charge in [-0.25, -0.2) is 0 Å². The van der Waals surface area contributed by atoms with Gasteiger partial charge in [0.1, 0.15) is 6.61 Å². The van der Waals surface area contributed by atoms with Crippen LogP contribution >= 0.6 is 0 Å². The molecule has 0 aliphatic heterocycles. The smallest absolute Gasteiger partial charge is 0.313 e. The minimum absolute atomic E-state index is 0.190. The molecule has 18 heavy (non-hydrogen) atoms. The topological polar surface area (TPSA) is 80.0 Å². The molecule has 0 aromatic heterocycles. The summed E-state index contributed by atoms with van der Waals surface area (Å²) in [6.07, 6.45) is 1.69. The molecular formula is C12H23NO5. The van der Waals surface area contributed by atoms with Gasteiger partial charge in [0.15, 0.2) is 0 Å². The molecule has 0 heterocycles. The number of carbonyl (C=O) groups excluding carboxylic acids is 1. The van der Waals surface area contributed by atoms with E-state index < -0.39 is 0 Å². The summed E-state index contributed by atoms with van der Waals surface area (Å²) in [5.74, 6) is -0.190. The lowest BCUT2D eigenvalue weighted by Crippen LogP contribution is -2.28. The van der Waals surface area contributed by atoms with Gasteiger partial charge < -0.3 is 24.7 Å². The fraction of sp³-hybridized carbons (Fsp3) is 0.917. The number of rotatable bonds is 11. The molecule has 1 saturated carbocycles. The van der Waals surface area contributed by atoms with Crippen molar-refractivity contribution in [2.45, 2.75) is 12.8 Å². The van der Waals surface area contributed by atoms with E-state index in [0.29, 0.717) is 39.6 Å². The van der Waals surface area contributed by atoms with E-state index in [1.165, 1.54) is 0 Å². The van der Waals surface area contributed by atoms with Crippen LogP contribution in [0.15, 0.2) is 0 Å². The molecule has 0 aromatic carbocycles. The quantitative estimate of drug-likeness (QED) is 0.415. The molecule has 1 rings (SSSR count). The van der Waals surface area contributed by atoms with E-state index in [-0.39, 0.29) is 18.0 Å². The Kier molecular flexibility index (Phi) is 7.19. The Balaban J connectivity index is 1.85. The molecule has 0 radical (unpaired) electrons. The maximum Gasteiger partial charge on any atom is 0.313 e. The highest BCUT2D eigenvalue weighted by Gasteiger charge is 2.50. The van der Waals surface area contributed by atoms with Crippen molar-refractivity contribution in [3.63, 3.8) is 0 Å². The van der Waals surface area contributed by atoms with Crippen LogP contribution in [0.25, 0.3) is 0 Å². The lowest BCUT2D eigenvalue weighted by atomic mass is 10.1. The van der Waals surface area contributed by atoms with Crippen molar-refractivity contribution in [2.75, 3.05) is 53.3 Å². The molecule has 0 spiro atoms. The average Bonchev–Trinajstić information content (AvgIpc) is 3.17. The third-order valence-corrected chi connectivity index (χ3v) is 2.94. The zero-order valence-electron chi connectivity index (χ0n) is 11.0. The van der Waals surface area contributed by atoms with Gasteiger partial charge in [0.2, 0.25) is 0 Å². The first-order valence-electron chi connectivity index (χ1n) is 6.27. The number of ether oxygens (including phenoxy) is 4. The van der Waals surface area contributed by atoms with Crippen LogP contribution in [0.3, 0.4) is 0 Å². The Bertz CT molecular complexity index is 243. The van der Waals surface area contributed by atoms with Crippen molar-refractivity contribution in [1.82, 2.24) is 0 Å². The fourth-order valence-corrected chi connectivity index (χ4v) is 1.45. The van der Waals surface area contributed by atoms with E-state index in [9.17, 15) is 4.79 Å². The summed E-state index contributed by atoms with van der Waals surface area (Å²) in [6.45, 7) is 3.19. The van der Waals surface area contributed by atoms with Gasteiger partial charge in [0, 0.05) is 13.7 Å². The summed E-state index contributed by atoms with van der Waals surface area (Å²) in [7, 11) is 1.63. The lowest BCUT2D eigenvalue weighted by Gasteiger charge is -2.12. The highest BCUT2D eigenvalue weighted by Crippen LogP contribution is 2.45. The number of hydrogen-bond donors (Lipinski definition) is 1. The van der Waals surface area contributed by atoms with Gasteiger partial charge in [-0.15, -0.1) is 0 Å². The van der Waals surface area contributed by atoms with Crippen LogP contribution in [0.5, 0.6) is 0 Å². The monoisotopic (exact) mass is 261 g/mol. The molecule has 1 fully saturated rings. The molecule has 6 heteroatoms. The van der Waals surface area contributed by atoms with Gasteiger partial charge in [0.25, 0.3) is 0 Å². The van der Waals surface area contributed by atoms with Crippen LogP contribution in [-0.2, 0) is 23.7 Å². The van der Waals surface area contributed by atoms with Crippen LogP contribution in [0, 0.1) is 5.41 Å². The van der Waals surface area contributed by atoms with Gasteiger partial charge in [-0.2, -0.15) is 0 Å². The first kappa shape index (κ1) is 15.4. The van der Waals surface area contributed by atoms with E-state index in [4.69, 9.17) is 24.7 Å². The second-order valence-electron chi connectivity index (χ2n) is 4.34. The SMILES string of the molecule is COCCOCCOCCOC(=O)C1(CN)CC1. The molecule has 0 bridgehead atoms. The van der Waals surface area contributed by atoms with Crippen molar-refractivity contribution in [2.24, 2.45) is 11.1 Å². The maximum absolute atomic E-state index is 11.6. The molecule has 0 aromatic rings. The molecule has 1 aliphatic rings. The van der Waals surface area contributed by atoms with E-state index in [1.54, 1.807) is 7.11 Å². The Hall–Kier alpha value is -0.690. The van der Waals surface area contributed by atoms with Crippen LogP contribution in [0.1, 0.15) is 12.8 Å². The van der Waals surface area contributed by atoms with Crippen LogP contribution in [0.4, 0.5) is 0 Å². The molecular weight excluding hydrogens is 238 g/mol. The normalized spacial score (nSPS) is 16.6. The summed E-state index contributed by atoms with van der Waals surface area (Å²) in [5.41, 5.74) is 5.14. The minimum Gasteiger partial charge on any atom is -0.463 e. The predicted octanol–water partition coefficient (Wildman–Crippen LogP) is -0.0519. The van der Waals surface area contributed by atoms with Crippen molar-refractivity contribution < 1.29 is 23.7 Å². The van der Waals surface area contributed by atoms with E-state index in [0.717, 1.165) is 12.8 Å². The van der Waals surface area contributed by atoms with Crippen molar-refractivity contribution >= 4 is 5.97 Å². The summed E-state index contributed by atoms with van der Waals surface area (Å²) in [5, 5.41) is 0. The zero-order valence-corrected chi connectivity index (χ0v) is 11.0. The van der Waals surface area contributed by atoms with E-state index in [1.807, 2.05) is 0 Å². The molecule has 106 valence electrons. The fourth-order valence-electron chi connectivity index (χ4n) is 1.45. The van der Waals surface area contributed by atoms with Crippen molar-refractivity contribution in [3.8, 4) is 0 Å². The summed E-state index contributed by atoms with van der Waals surface area (Å²) in [4.78, 5) is 11.6. The Morgan fingerprint density at radius 3 is 2.11 bits per heavy atom. The number of nitrogens with two attached hydrogens (primary N) is 1. The predicted molar refractivity (Wildman–Crippen MR) is 65.2 cm³/mol. The number of esters is 1. The summed E-state index contributed by atoms with van der Waals surface area (Å²) >= 11 is 0. The number of methoxy groups -OCH3 is 1. The van der Waals surface area contributed by atoms with Crippen molar-refractivity contribution in [3.05, 3.63) is 0 Å². The number of hydrogen-bond acceptors (Lipinski definition) is 6.